The zero-order valence-electron chi connectivity index (χ0n) is 12.2. The number of hydrogen-bond donors (Lipinski definition) is 3. The molecule has 0 heterocycles. The van der Waals surface area contributed by atoms with Crippen LogP contribution in [0, 0.1) is 5.41 Å². The molecule has 0 bridgehead atoms. The van der Waals surface area contributed by atoms with Crippen molar-refractivity contribution in [1.29, 1.82) is 0 Å². The molecule has 0 rings (SSSR count). The predicted octanol–water partition coefficient (Wildman–Crippen LogP) is 0.907. The average molecular weight is 272 g/mol. The van der Waals surface area contributed by atoms with E-state index in [9.17, 15) is 14.4 Å². The van der Waals surface area contributed by atoms with Gasteiger partial charge in [-0.3, -0.25) is 14.4 Å². The molecule has 2 atom stereocenters. The van der Waals surface area contributed by atoms with Crippen molar-refractivity contribution in [2.45, 2.75) is 59.5 Å². The fourth-order valence-corrected chi connectivity index (χ4v) is 1.31. The topological polar surface area (TPSA) is 95.5 Å². The minimum absolute atomic E-state index is 0.123. The first-order valence-electron chi connectivity index (χ1n) is 6.41. The van der Waals surface area contributed by atoms with E-state index in [2.05, 4.69) is 10.6 Å². The van der Waals surface area contributed by atoms with Crippen LogP contribution in [0.4, 0.5) is 0 Å². The van der Waals surface area contributed by atoms with E-state index in [1.165, 1.54) is 0 Å². The third-order valence-corrected chi connectivity index (χ3v) is 2.68. The number of nitrogens with one attached hydrogen (secondary N) is 2. The number of carbonyl (C=O) groups excluding carboxylic acids is 2. The van der Waals surface area contributed by atoms with Gasteiger partial charge in [0.05, 0.1) is 6.42 Å². The van der Waals surface area contributed by atoms with Crippen molar-refractivity contribution in [2.24, 2.45) is 5.41 Å². The minimum Gasteiger partial charge on any atom is -0.481 e. The number of carboxylic acid groups (broad SMARTS) is 1. The van der Waals surface area contributed by atoms with Gasteiger partial charge in [0.15, 0.2) is 0 Å². The van der Waals surface area contributed by atoms with E-state index < -0.39 is 23.5 Å². The van der Waals surface area contributed by atoms with Gasteiger partial charge in [0, 0.05) is 11.5 Å². The lowest BCUT2D eigenvalue weighted by Gasteiger charge is -2.23. The van der Waals surface area contributed by atoms with E-state index in [4.69, 9.17) is 5.11 Å². The first-order valence-corrected chi connectivity index (χ1v) is 6.41. The normalized spacial score (nSPS) is 14.4. The molecule has 6 heteroatoms. The summed E-state index contributed by atoms with van der Waals surface area (Å²) in [7, 11) is 0. The second-order valence-corrected chi connectivity index (χ2v) is 5.66. The van der Waals surface area contributed by atoms with Gasteiger partial charge in [-0.25, -0.2) is 0 Å². The summed E-state index contributed by atoms with van der Waals surface area (Å²) in [6.07, 6.45) is 0.403. The van der Waals surface area contributed by atoms with Crippen molar-refractivity contribution in [2.75, 3.05) is 0 Å². The number of carbonyl (C=O) groups is 3. The molecule has 6 nitrogen and oxygen atoms in total. The molecule has 0 aliphatic rings. The van der Waals surface area contributed by atoms with Crippen LogP contribution in [-0.2, 0) is 14.4 Å². The van der Waals surface area contributed by atoms with Crippen LogP contribution in [0.3, 0.4) is 0 Å². The Balaban J connectivity index is 4.41. The van der Waals surface area contributed by atoms with Crippen LogP contribution in [0.15, 0.2) is 0 Å². The molecule has 0 aliphatic heterocycles. The van der Waals surface area contributed by atoms with E-state index in [0.717, 1.165) is 0 Å². The van der Waals surface area contributed by atoms with E-state index in [0.29, 0.717) is 6.42 Å². The molecule has 2 unspecified atom stereocenters. The molecule has 2 amide bonds. The maximum Gasteiger partial charge on any atom is 0.305 e. The predicted molar refractivity (Wildman–Crippen MR) is 71.5 cm³/mol. The number of aliphatic carboxylic acids is 1. The van der Waals surface area contributed by atoms with Gasteiger partial charge in [-0.15, -0.1) is 0 Å². The first kappa shape index (κ1) is 17.4. The van der Waals surface area contributed by atoms with Crippen molar-refractivity contribution >= 4 is 17.8 Å². The van der Waals surface area contributed by atoms with Gasteiger partial charge in [-0.05, 0) is 13.3 Å². The van der Waals surface area contributed by atoms with Crippen LogP contribution >= 0.6 is 0 Å². The monoisotopic (exact) mass is 272 g/mol. The molecule has 0 radical (unpaired) electrons. The quantitative estimate of drug-likeness (QED) is 0.669. The largest absolute Gasteiger partial charge is 0.481 e. The molecule has 0 aromatic carbocycles. The summed E-state index contributed by atoms with van der Waals surface area (Å²) in [5, 5.41) is 13.9. The highest BCUT2D eigenvalue weighted by atomic mass is 16.4. The summed E-state index contributed by atoms with van der Waals surface area (Å²) in [5.74, 6) is -1.55. The number of amides is 2. The molecule has 0 spiro atoms. The minimum atomic E-state index is -0.960. The van der Waals surface area contributed by atoms with Crippen molar-refractivity contribution in [3.63, 3.8) is 0 Å². The van der Waals surface area contributed by atoms with Crippen molar-refractivity contribution in [1.82, 2.24) is 10.6 Å². The number of hydrogen-bond acceptors (Lipinski definition) is 3. The lowest BCUT2D eigenvalue weighted by atomic mass is 9.95. The van der Waals surface area contributed by atoms with E-state index in [-0.39, 0.29) is 18.2 Å². The van der Waals surface area contributed by atoms with Gasteiger partial charge in [-0.1, -0.05) is 27.7 Å². The third kappa shape index (κ3) is 6.79. The molecule has 0 aromatic heterocycles. The number of carboxylic acids is 1. The highest BCUT2D eigenvalue weighted by Gasteiger charge is 2.26. The van der Waals surface area contributed by atoms with E-state index in [1.54, 1.807) is 34.6 Å². The summed E-state index contributed by atoms with van der Waals surface area (Å²) < 4.78 is 0. The Morgan fingerprint density at radius 2 is 1.68 bits per heavy atom. The van der Waals surface area contributed by atoms with Crippen molar-refractivity contribution in [3.05, 3.63) is 0 Å². The van der Waals surface area contributed by atoms with Crippen LogP contribution in [-0.4, -0.2) is 35.0 Å². The Hall–Kier alpha value is -1.59. The summed E-state index contributed by atoms with van der Waals surface area (Å²) in [5.41, 5.74) is -0.570. The van der Waals surface area contributed by atoms with Crippen LogP contribution in [0.1, 0.15) is 47.5 Å². The second kappa shape index (κ2) is 7.11. The highest BCUT2D eigenvalue weighted by Crippen LogP contribution is 2.12. The second-order valence-electron chi connectivity index (χ2n) is 5.66. The summed E-state index contributed by atoms with van der Waals surface area (Å²) >= 11 is 0. The Morgan fingerprint density at radius 1 is 1.16 bits per heavy atom. The van der Waals surface area contributed by atoms with Crippen LogP contribution in [0.2, 0.25) is 0 Å². The third-order valence-electron chi connectivity index (χ3n) is 2.68. The summed E-state index contributed by atoms with van der Waals surface area (Å²) in [6, 6.07) is -1.10. The van der Waals surface area contributed by atoms with Gasteiger partial charge in [0.1, 0.15) is 6.04 Å². The van der Waals surface area contributed by atoms with Crippen LogP contribution in [0.25, 0.3) is 0 Å². The van der Waals surface area contributed by atoms with Crippen LogP contribution < -0.4 is 10.6 Å². The Kier molecular flexibility index (Phi) is 6.52. The Labute approximate surface area is 113 Å². The molecule has 0 saturated carbocycles. The highest BCUT2D eigenvalue weighted by molar-refractivity contribution is 5.89. The van der Waals surface area contributed by atoms with E-state index in [1.807, 2.05) is 0 Å². The van der Waals surface area contributed by atoms with Gasteiger partial charge in [-0.2, -0.15) is 0 Å². The standard InChI is InChI=1S/C13H24N2O4/c1-6-9(7-10(16)17)15-11(18)8(2)14-12(19)13(3,4)5/h8-9H,6-7H2,1-5H3,(H,14,19)(H,15,18)(H,16,17). The van der Waals surface area contributed by atoms with Crippen molar-refractivity contribution in [3.8, 4) is 0 Å². The molecule has 3 N–H and O–H groups in total. The maximum atomic E-state index is 11.8. The molecule has 0 aliphatic carbocycles. The number of rotatable bonds is 6. The fraction of sp³-hybridized carbons (Fsp3) is 0.769. The SMILES string of the molecule is CCC(CC(=O)O)NC(=O)C(C)NC(=O)C(C)(C)C. The van der Waals surface area contributed by atoms with Gasteiger partial charge in [0.25, 0.3) is 0 Å². The van der Waals surface area contributed by atoms with Crippen molar-refractivity contribution < 1.29 is 19.5 Å². The Bertz CT molecular complexity index is 347. The average Bonchev–Trinajstić information content (AvgIpc) is 2.25. The molecular formula is C13H24N2O4. The van der Waals surface area contributed by atoms with E-state index >= 15 is 0 Å². The lowest BCUT2D eigenvalue weighted by molar-refractivity contribution is -0.138. The molecule has 19 heavy (non-hydrogen) atoms. The molecule has 0 saturated heterocycles. The summed E-state index contributed by atoms with van der Waals surface area (Å²) in [4.78, 5) is 34.2. The molecule has 0 aromatic rings. The first-order chi connectivity index (χ1) is 8.57. The maximum absolute atomic E-state index is 11.8. The van der Waals surface area contributed by atoms with Crippen LogP contribution in [0.5, 0.6) is 0 Å². The summed E-state index contributed by atoms with van der Waals surface area (Å²) in [6.45, 7) is 8.64. The van der Waals surface area contributed by atoms with Gasteiger partial charge >= 0.3 is 5.97 Å². The molecular weight excluding hydrogens is 248 g/mol. The fourth-order valence-electron chi connectivity index (χ4n) is 1.31. The van der Waals surface area contributed by atoms with Gasteiger partial charge < -0.3 is 15.7 Å². The molecule has 0 fully saturated rings. The smallest absolute Gasteiger partial charge is 0.305 e. The van der Waals surface area contributed by atoms with Gasteiger partial charge in [0.2, 0.25) is 11.8 Å². The Morgan fingerprint density at radius 3 is 2.05 bits per heavy atom. The zero-order valence-corrected chi connectivity index (χ0v) is 12.2. The molecule has 110 valence electrons. The zero-order chi connectivity index (χ0) is 15.2. The lowest BCUT2D eigenvalue weighted by Crippen LogP contribution is -2.50.